The fourth-order valence-corrected chi connectivity index (χ4v) is 2.72. The molecule has 0 saturated heterocycles. The van der Waals surface area contributed by atoms with Gasteiger partial charge in [-0.25, -0.2) is 0 Å². The van der Waals surface area contributed by atoms with Gasteiger partial charge in [-0.05, 0) is 40.0 Å². The zero-order chi connectivity index (χ0) is 12.9. The Balaban J connectivity index is 1.77. The van der Waals surface area contributed by atoms with Crippen LogP contribution in [0.4, 0.5) is 0 Å². The maximum absolute atomic E-state index is 2.23. The Labute approximate surface area is 117 Å². The van der Waals surface area contributed by atoms with E-state index < -0.39 is 0 Å². The Morgan fingerprint density at radius 2 is 1.42 bits per heavy atom. The molecule has 0 atom stereocenters. The van der Waals surface area contributed by atoms with E-state index in [0.29, 0.717) is 0 Å². The molecule has 3 rings (SSSR count). The van der Waals surface area contributed by atoms with Gasteiger partial charge in [0, 0.05) is 4.90 Å². The van der Waals surface area contributed by atoms with Crippen molar-refractivity contribution in [2.75, 3.05) is 0 Å². The van der Waals surface area contributed by atoms with Crippen molar-refractivity contribution in [3.05, 3.63) is 83.8 Å². The molecular formula is C18H14S. The minimum atomic E-state index is 1.23. The minimum Gasteiger partial charge on any atom is -0.0980 e. The SMILES string of the molecule is C(=C\c1ccccc1)/Sc1ccc2ccccc2c1. The number of hydrogen-bond donors (Lipinski definition) is 0. The van der Waals surface area contributed by atoms with E-state index in [0.717, 1.165) is 0 Å². The highest BCUT2D eigenvalue weighted by atomic mass is 32.2. The third kappa shape index (κ3) is 3.07. The van der Waals surface area contributed by atoms with Crippen molar-refractivity contribution in [3.8, 4) is 0 Å². The first kappa shape index (κ1) is 12.1. The smallest absolute Gasteiger partial charge is 0.0122 e. The van der Waals surface area contributed by atoms with E-state index in [-0.39, 0.29) is 0 Å². The lowest BCUT2D eigenvalue weighted by molar-refractivity contribution is 1.52. The largest absolute Gasteiger partial charge is 0.0980 e. The zero-order valence-electron chi connectivity index (χ0n) is 10.5. The van der Waals surface area contributed by atoms with E-state index in [1.165, 1.54) is 21.2 Å². The van der Waals surface area contributed by atoms with Gasteiger partial charge in [-0.15, -0.1) is 0 Å². The topological polar surface area (TPSA) is 0 Å². The molecule has 0 spiro atoms. The first-order valence-electron chi connectivity index (χ1n) is 6.29. The van der Waals surface area contributed by atoms with Crippen LogP contribution in [0.3, 0.4) is 0 Å². The van der Waals surface area contributed by atoms with Crippen molar-refractivity contribution < 1.29 is 0 Å². The van der Waals surface area contributed by atoms with Crippen molar-refractivity contribution in [2.24, 2.45) is 0 Å². The normalized spacial score (nSPS) is 11.2. The maximum atomic E-state index is 2.23. The molecule has 0 amide bonds. The molecule has 3 aromatic rings. The van der Waals surface area contributed by atoms with Crippen molar-refractivity contribution in [2.45, 2.75) is 4.90 Å². The monoisotopic (exact) mass is 262 g/mol. The summed E-state index contributed by atoms with van der Waals surface area (Å²) in [7, 11) is 0. The van der Waals surface area contributed by atoms with Crippen LogP contribution in [0.15, 0.2) is 83.1 Å². The van der Waals surface area contributed by atoms with Gasteiger partial charge in [0.2, 0.25) is 0 Å². The van der Waals surface area contributed by atoms with Gasteiger partial charge in [0.1, 0.15) is 0 Å². The fourth-order valence-electron chi connectivity index (χ4n) is 2.00. The Morgan fingerprint density at radius 1 is 0.684 bits per heavy atom. The van der Waals surface area contributed by atoms with Gasteiger partial charge < -0.3 is 0 Å². The Morgan fingerprint density at radius 3 is 2.26 bits per heavy atom. The molecule has 0 N–H and O–H groups in total. The van der Waals surface area contributed by atoms with E-state index in [1.54, 1.807) is 11.8 Å². The second-order valence-corrected chi connectivity index (χ2v) is 5.32. The number of thioether (sulfide) groups is 1. The van der Waals surface area contributed by atoms with Crippen LogP contribution in [0.25, 0.3) is 16.8 Å². The van der Waals surface area contributed by atoms with Crippen LogP contribution in [-0.2, 0) is 0 Å². The van der Waals surface area contributed by atoms with Crippen LogP contribution in [0.1, 0.15) is 5.56 Å². The fraction of sp³-hybridized carbons (Fsp3) is 0. The Bertz CT molecular complexity index is 699. The van der Waals surface area contributed by atoms with Gasteiger partial charge in [0.25, 0.3) is 0 Å². The highest BCUT2D eigenvalue weighted by Gasteiger charge is 1.94. The quantitative estimate of drug-likeness (QED) is 0.553. The van der Waals surface area contributed by atoms with Crippen molar-refractivity contribution in [1.82, 2.24) is 0 Å². The molecule has 19 heavy (non-hydrogen) atoms. The van der Waals surface area contributed by atoms with Crippen molar-refractivity contribution in [3.63, 3.8) is 0 Å². The summed E-state index contributed by atoms with van der Waals surface area (Å²) in [6.45, 7) is 0. The van der Waals surface area contributed by atoms with Crippen molar-refractivity contribution >= 4 is 28.6 Å². The van der Waals surface area contributed by atoms with Gasteiger partial charge in [0.05, 0.1) is 0 Å². The molecule has 0 radical (unpaired) electrons. The van der Waals surface area contributed by atoms with E-state index >= 15 is 0 Å². The second-order valence-electron chi connectivity index (χ2n) is 4.34. The van der Waals surface area contributed by atoms with E-state index in [9.17, 15) is 0 Å². The molecule has 3 aromatic carbocycles. The van der Waals surface area contributed by atoms with Gasteiger partial charge in [-0.3, -0.25) is 0 Å². The number of fused-ring (bicyclic) bond motifs is 1. The standard InChI is InChI=1S/C18H14S/c1-2-6-15(7-3-1)12-13-19-18-11-10-16-8-4-5-9-17(16)14-18/h1-14H/b13-12+. The summed E-state index contributed by atoms with van der Waals surface area (Å²) in [5, 5.41) is 4.72. The van der Waals surface area contributed by atoms with Crippen LogP contribution in [0, 0.1) is 0 Å². The minimum absolute atomic E-state index is 1.23. The van der Waals surface area contributed by atoms with E-state index in [2.05, 4.69) is 78.2 Å². The van der Waals surface area contributed by atoms with E-state index in [4.69, 9.17) is 0 Å². The molecule has 0 unspecified atom stereocenters. The molecule has 0 fully saturated rings. The van der Waals surface area contributed by atoms with Crippen LogP contribution < -0.4 is 0 Å². The average Bonchev–Trinajstić information content (AvgIpc) is 2.48. The van der Waals surface area contributed by atoms with Crippen LogP contribution in [0.2, 0.25) is 0 Å². The molecule has 0 aliphatic heterocycles. The van der Waals surface area contributed by atoms with Crippen LogP contribution in [-0.4, -0.2) is 0 Å². The Kier molecular flexibility index (Phi) is 3.66. The average molecular weight is 262 g/mol. The predicted octanol–water partition coefficient (Wildman–Crippen LogP) is 5.60. The summed E-state index contributed by atoms with van der Waals surface area (Å²) < 4.78 is 0. The third-order valence-corrected chi connectivity index (χ3v) is 3.78. The molecule has 0 heterocycles. The molecule has 92 valence electrons. The summed E-state index contributed by atoms with van der Waals surface area (Å²) in [4.78, 5) is 1.27. The summed E-state index contributed by atoms with van der Waals surface area (Å²) in [5.74, 6) is 0. The van der Waals surface area contributed by atoms with Crippen molar-refractivity contribution in [1.29, 1.82) is 0 Å². The Hall–Kier alpha value is -1.99. The number of rotatable bonds is 3. The predicted molar refractivity (Wildman–Crippen MR) is 85.3 cm³/mol. The lowest BCUT2D eigenvalue weighted by Gasteiger charge is -2.00. The summed E-state index contributed by atoms with van der Waals surface area (Å²) in [5.41, 5.74) is 1.23. The zero-order valence-corrected chi connectivity index (χ0v) is 11.3. The second kappa shape index (κ2) is 5.77. The lowest BCUT2D eigenvalue weighted by Crippen LogP contribution is -1.73. The molecule has 0 aromatic heterocycles. The molecule has 0 nitrogen and oxygen atoms in total. The van der Waals surface area contributed by atoms with Gasteiger partial charge in [-0.2, -0.15) is 0 Å². The van der Waals surface area contributed by atoms with Crippen LogP contribution in [0.5, 0.6) is 0 Å². The van der Waals surface area contributed by atoms with Crippen LogP contribution >= 0.6 is 11.8 Å². The lowest BCUT2D eigenvalue weighted by atomic mass is 10.1. The molecule has 0 aliphatic carbocycles. The molecule has 0 aliphatic rings. The molecule has 0 bridgehead atoms. The van der Waals surface area contributed by atoms with Gasteiger partial charge in [-0.1, -0.05) is 72.4 Å². The highest BCUT2D eigenvalue weighted by Crippen LogP contribution is 2.24. The summed E-state index contributed by atoms with van der Waals surface area (Å²) in [6.07, 6.45) is 2.14. The maximum Gasteiger partial charge on any atom is 0.0122 e. The van der Waals surface area contributed by atoms with E-state index in [1.807, 2.05) is 6.07 Å². The summed E-state index contributed by atoms with van der Waals surface area (Å²) >= 11 is 1.75. The van der Waals surface area contributed by atoms with Gasteiger partial charge in [0.15, 0.2) is 0 Å². The molecular weight excluding hydrogens is 248 g/mol. The first-order valence-corrected chi connectivity index (χ1v) is 7.17. The summed E-state index contributed by atoms with van der Waals surface area (Å²) in [6, 6.07) is 25.4. The van der Waals surface area contributed by atoms with Gasteiger partial charge >= 0.3 is 0 Å². The molecule has 1 heteroatoms. The first-order chi connectivity index (χ1) is 9.42. The number of hydrogen-bond acceptors (Lipinski definition) is 1. The molecule has 0 saturated carbocycles. The number of benzene rings is 3. The third-order valence-electron chi connectivity index (χ3n) is 2.99. The highest BCUT2D eigenvalue weighted by molar-refractivity contribution is 8.02.